The number of hydrogen-bond acceptors (Lipinski definition) is 5. The average Bonchev–Trinajstić information content (AvgIpc) is 2.82. The fraction of sp³-hybridized carbons (Fsp3) is 0.435. The normalized spacial score (nSPS) is 12.6. The molecule has 1 aromatic carbocycles. The predicted molar refractivity (Wildman–Crippen MR) is 119 cm³/mol. The first-order valence-corrected chi connectivity index (χ1v) is 10.5. The Hall–Kier alpha value is -3.27. The number of nitrogens with one attached hydrogen (secondary N) is 1. The molecule has 1 aliphatic heterocycles. The summed E-state index contributed by atoms with van der Waals surface area (Å²) in [5, 5.41) is 2.47. The molecule has 0 saturated heterocycles. The van der Waals surface area contributed by atoms with Gasteiger partial charge in [0.15, 0.2) is 11.4 Å². The quantitative estimate of drug-likeness (QED) is 0.708. The van der Waals surface area contributed by atoms with Gasteiger partial charge in [-0.15, -0.1) is 0 Å². The topological polar surface area (TPSA) is 89.9 Å². The summed E-state index contributed by atoms with van der Waals surface area (Å²) < 4.78 is 38.7. The molecule has 2 amide bonds. The lowest BCUT2D eigenvalue weighted by atomic mass is 10.1. The van der Waals surface area contributed by atoms with Crippen LogP contribution in [-0.4, -0.2) is 55.2 Å². The zero-order chi connectivity index (χ0) is 24.7. The molecule has 8 nitrogen and oxygen atoms in total. The van der Waals surface area contributed by atoms with Crippen molar-refractivity contribution in [2.45, 2.75) is 33.9 Å². The molecule has 0 atom stereocenters. The molecule has 0 unspecified atom stereocenters. The van der Waals surface area contributed by atoms with Crippen LogP contribution in [0.5, 0.6) is 5.75 Å². The zero-order valence-electron chi connectivity index (χ0n) is 19.5. The molecular formula is C23H29F2N3O5. The van der Waals surface area contributed by atoms with Crippen LogP contribution in [-0.2, 0) is 17.8 Å². The number of likely N-dealkylation sites (N-methyl/N-ethyl adjacent to an activating group) is 1. The maximum Gasteiger partial charge on any atom is 0.274 e. The minimum Gasteiger partial charge on any atom is -0.491 e. The van der Waals surface area contributed by atoms with Gasteiger partial charge in [0.2, 0.25) is 5.43 Å². The van der Waals surface area contributed by atoms with Crippen LogP contribution in [0.25, 0.3) is 0 Å². The summed E-state index contributed by atoms with van der Waals surface area (Å²) in [7, 11) is 2.94. The Morgan fingerprint density at radius 3 is 2.39 bits per heavy atom. The van der Waals surface area contributed by atoms with E-state index in [1.54, 1.807) is 12.0 Å². The number of pyridine rings is 1. The maximum atomic E-state index is 14.1. The van der Waals surface area contributed by atoms with Crippen molar-refractivity contribution in [1.82, 2.24) is 14.8 Å². The number of benzene rings is 1. The second-order valence-electron chi connectivity index (χ2n) is 7.24. The lowest BCUT2D eigenvalue weighted by Crippen LogP contribution is -2.43. The SMILES string of the molecule is CCN1CCn2cc(C(=O)NCc3ccc(F)c(C)c3F)c(=O)c(OC)c2C1=O.CCOC. The average molecular weight is 465 g/mol. The van der Waals surface area contributed by atoms with E-state index in [-0.39, 0.29) is 40.6 Å². The van der Waals surface area contributed by atoms with E-state index in [0.717, 1.165) is 12.7 Å². The second kappa shape index (κ2) is 11.6. The van der Waals surface area contributed by atoms with Crippen molar-refractivity contribution in [3.8, 4) is 5.75 Å². The van der Waals surface area contributed by atoms with E-state index in [2.05, 4.69) is 10.1 Å². The second-order valence-corrected chi connectivity index (χ2v) is 7.24. The van der Waals surface area contributed by atoms with Crippen LogP contribution < -0.4 is 15.5 Å². The van der Waals surface area contributed by atoms with Gasteiger partial charge in [-0.05, 0) is 26.8 Å². The molecule has 1 N–H and O–H groups in total. The van der Waals surface area contributed by atoms with Gasteiger partial charge in [-0.25, -0.2) is 8.78 Å². The summed E-state index contributed by atoms with van der Waals surface area (Å²) in [6.07, 6.45) is 1.31. The van der Waals surface area contributed by atoms with E-state index in [0.29, 0.717) is 19.6 Å². The largest absolute Gasteiger partial charge is 0.491 e. The maximum absolute atomic E-state index is 14.1. The highest BCUT2D eigenvalue weighted by Gasteiger charge is 2.30. The lowest BCUT2D eigenvalue weighted by molar-refractivity contribution is 0.0705. The van der Waals surface area contributed by atoms with Crippen LogP contribution in [0.2, 0.25) is 0 Å². The molecule has 0 spiro atoms. The van der Waals surface area contributed by atoms with Gasteiger partial charge in [-0.1, -0.05) is 6.07 Å². The first kappa shape index (κ1) is 26.0. The molecule has 3 rings (SSSR count). The van der Waals surface area contributed by atoms with Gasteiger partial charge >= 0.3 is 0 Å². The van der Waals surface area contributed by atoms with Crippen molar-refractivity contribution < 1.29 is 27.8 Å². The third-order valence-corrected chi connectivity index (χ3v) is 5.30. The van der Waals surface area contributed by atoms with Crippen molar-refractivity contribution in [2.75, 3.05) is 33.9 Å². The number of amides is 2. The zero-order valence-corrected chi connectivity index (χ0v) is 19.5. The lowest BCUT2D eigenvalue weighted by Gasteiger charge is -2.30. The summed E-state index contributed by atoms with van der Waals surface area (Å²) in [6.45, 7) is 7.01. The van der Waals surface area contributed by atoms with Crippen LogP contribution in [0.4, 0.5) is 8.78 Å². The highest BCUT2D eigenvalue weighted by atomic mass is 19.1. The first-order valence-electron chi connectivity index (χ1n) is 10.5. The Balaban J connectivity index is 0.000000890. The van der Waals surface area contributed by atoms with E-state index in [1.165, 1.54) is 30.9 Å². The van der Waals surface area contributed by atoms with E-state index in [9.17, 15) is 23.2 Å². The number of methoxy groups -OCH3 is 2. The van der Waals surface area contributed by atoms with Crippen LogP contribution in [0.1, 0.15) is 45.8 Å². The number of carbonyl (C=O) groups is 2. The minimum atomic E-state index is -0.754. The number of fused-ring (bicyclic) bond motifs is 1. The Kier molecular flexibility index (Phi) is 9.10. The molecule has 0 fully saturated rings. The molecular weight excluding hydrogens is 436 g/mol. The molecule has 1 aliphatic rings. The van der Waals surface area contributed by atoms with Crippen LogP contribution in [0.3, 0.4) is 0 Å². The number of aromatic nitrogens is 1. The van der Waals surface area contributed by atoms with Gasteiger partial charge in [0.05, 0.1) is 7.11 Å². The van der Waals surface area contributed by atoms with Crippen molar-refractivity contribution >= 4 is 11.8 Å². The van der Waals surface area contributed by atoms with Crippen molar-refractivity contribution in [3.63, 3.8) is 0 Å². The third-order valence-electron chi connectivity index (χ3n) is 5.30. The molecule has 2 aromatic rings. The molecule has 2 heterocycles. The van der Waals surface area contributed by atoms with Crippen LogP contribution in [0.15, 0.2) is 23.1 Å². The number of halogens is 2. The first-order chi connectivity index (χ1) is 15.7. The summed E-state index contributed by atoms with van der Waals surface area (Å²) in [5.74, 6) is -2.72. The van der Waals surface area contributed by atoms with Gasteiger partial charge in [0.1, 0.15) is 17.2 Å². The Morgan fingerprint density at radius 2 is 1.82 bits per heavy atom. The molecule has 0 bridgehead atoms. The van der Waals surface area contributed by atoms with Crippen molar-refractivity contribution in [3.05, 3.63) is 62.6 Å². The van der Waals surface area contributed by atoms with E-state index in [4.69, 9.17) is 4.74 Å². The highest BCUT2D eigenvalue weighted by molar-refractivity contribution is 5.99. The Labute approximate surface area is 191 Å². The van der Waals surface area contributed by atoms with E-state index >= 15 is 0 Å². The minimum absolute atomic E-state index is 0.0936. The Bertz CT molecular complexity index is 1080. The Morgan fingerprint density at radius 1 is 1.15 bits per heavy atom. The molecule has 10 heteroatoms. The number of carbonyl (C=O) groups excluding carboxylic acids is 2. The smallest absolute Gasteiger partial charge is 0.274 e. The van der Waals surface area contributed by atoms with Crippen LogP contribution in [0, 0.1) is 18.6 Å². The number of hydrogen-bond donors (Lipinski definition) is 1. The highest BCUT2D eigenvalue weighted by Crippen LogP contribution is 2.21. The van der Waals surface area contributed by atoms with Gasteiger partial charge in [0.25, 0.3) is 11.8 Å². The molecule has 1 aromatic heterocycles. The number of ether oxygens (including phenoxy) is 2. The fourth-order valence-electron chi connectivity index (χ4n) is 3.29. The summed E-state index contributed by atoms with van der Waals surface area (Å²) >= 11 is 0. The number of rotatable bonds is 6. The molecule has 180 valence electrons. The predicted octanol–water partition coefficient (Wildman–Crippen LogP) is 2.50. The summed E-state index contributed by atoms with van der Waals surface area (Å²) in [4.78, 5) is 39.5. The van der Waals surface area contributed by atoms with Gasteiger partial charge in [-0.3, -0.25) is 14.4 Å². The van der Waals surface area contributed by atoms with Gasteiger partial charge in [0, 0.05) is 57.2 Å². The van der Waals surface area contributed by atoms with E-state index in [1.807, 2.05) is 13.8 Å². The monoisotopic (exact) mass is 465 g/mol. The van der Waals surface area contributed by atoms with Gasteiger partial charge < -0.3 is 24.3 Å². The molecule has 0 aliphatic carbocycles. The van der Waals surface area contributed by atoms with E-state index < -0.39 is 23.0 Å². The van der Waals surface area contributed by atoms with Crippen molar-refractivity contribution in [1.29, 1.82) is 0 Å². The van der Waals surface area contributed by atoms with Crippen LogP contribution >= 0.6 is 0 Å². The molecule has 0 saturated carbocycles. The summed E-state index contributed by atoms with van der Waals surface area (Å²) in [5.41, 5.74) is -0.898. The number of nitrogens with zero attached hydrogens (tertiary/aromatic N) is 2. The standard InChI is InChI=1S/C20H21F2N3O4.C3H8O/c1-4-24-7-8-25-10-13(17(26)18(29-3)16(25)20(24)28)19(27)23-9-12-5-6-14(21)11(2)15(12)22;1-3-4-2/h5-6,10H,4,7-9H2,1-3H3,(H,23,27);3H2,1-2H3. The fourth-order valence-corrected chi connectivity index (χ4v) is 3.29. The van der Waals surface area contributed by atoms with Gasteiger partial charge in [-0.2, -0.15) is 0 Å². The van der Waals surface area contributed by atoms with Crippen molar-refractivity contribution in [2.24, 2.45) is 0 Å². The molecule has 0 radical (unpaired) electrons. The summed E-state index contributed by atoms with van der Waals surface area (Å²) in [6, 6.07) is 2.35. The molecule has 33 heavy (non-hydrogen) atoms. The third kappa shape index (κ3) is 5.57.